The normalized spacial score (nSPS) is 10.9. The van der Waals surface area contributed by atoms with Gasteiger partial charge in [0.25, 0.3) is 5.69 Å². The Hall–Kier alpha value is -3.29. The van der Waals surface area contributed by atoms with Gasteiger partial charge in [-0.1, -0.05) is 54.1 Å². The molecular formula is C23H18ClN3O3S. The standard InChI is InChI=1S/C23H18ClN3O3S/c1-14-21(13-22(28)26-20-10-9-17(27(29)30)12-19(20)24)31-23(25-14)11-16-7-4-6-15-5-2-3-8-18(15)16/h2-10,12H,11,13H2,1H3,(H,26,28). The van der Waals surface area contributed by atoms with Crippen LogP contribution in [0.25, 0.3) is 10.8 Å². The summed E-state index contributed by atoms with van der Waals surface area (Å²) in [6, 6.07) is 18.4. The van der Waals surface area contributed by atoms with Crippen LogP contribution in [0.4, 0.5) is 11.4 Å². The van der Waals surface area contributed by atoms with E-state index in [1.54, 1.807) is 0 Å². The van der Waals surface area contributed by atoms with Gasteiger partial charge in [-0.15, -0.1) is 11.3 Å². The minimum absolute atomic E-state index is 0.125. The van der Waals surface area contributed by atoms with Crippen molar-refractivity contribution < 1.29 is 9.72 Å². The Morgan fingerprint density at radius 1 is 1.16 bits per heavy atom. The number of aryl methyl sites for hydroxylation is 1. The van der Waals surface area contributed by atoms with E-state index in [1.807, 2.05) is 25.1 Å². The molecule has 0 fully saturated rings. The number of nitro groups is 1. The maximum atomic E-state index is 12.5. The van der Waals surface area contributed by atoms with Gasteiger partial charge in [-0.2, -0.15) is 0 Å². The van der Waals surface area contributed by atoms with Gasteiger partial charge >= 0.3 is 0 Å². The quantitative estimate of drug-likeness (QED) is 0.290. The second-order valence-corrected chi connectivity index (χ2v) is 8.65. The fraction of sp³-hybridized carbons (Fsp3) is 0.130. The maximum Gasteiger partial charge on any atom is 0.271 e. The van der Waals surface area contributed by atoms with Crippen molar-refractivity contribution in [3.63, 3.8) is 0 Å². The highest BCUT2D eigenvalue weighted by atomic mass is 35.5. The lowest BCUT2D eigenvalue weighted by Crippen LogP contribution is -2.14. The Labute approximate surface area is 187 Å². The molecule has 31 heavy (non-hydrogen) atoms. The maximum absolute atomic E-state index is 12.5. The molecule has 4 aromatic rings. The second kappa shape index (κ2) is 8.83. The van der Waals surface area contributed by atoms with Crippen LogP contribution < -0.4 is 5.32 Å². The number of nitrogens with one attached hydrogen (secondary N) is 1. The number of thiazole rings is 1. The number of carbonyl (C=O) groups is 1. The first-order valence-corrected chi connectivity index (χ1v) is 10.8. The van der Waals surface area contributed by atoms with Gasteiger partial charge in [-0.3, -0.25) is 14.9 Å². The number of amides is 1. The van der Waals surface area contributed by atoms with Gasteiger partial charge in [0.15, 0.2) is 0 Å². The Balaban J connectivity index is 1.48. The number of anilines is 1. The molecule has 0 aliphatic rings. The lowest BCUT2D eigenvalue weighted by molar-refractivity contribution is -0.384. The Bertz CT molecular complexity index is 1300. The van der Waals surface area contributed by atoms with E-state index in [0.717, 1.165) is 15.6 Å². The molecular weight excluding hydrogens is 434 g/mol. The summed E-state index contributed by atoms with van der Waals surface area (Å²) in [5, 5.41) is 17.0. The summed E-state index contributed by atoms with van der Waals surface area (Å²) in [4.78, 5) is 28.4. The van der Waals surface area contributed by atoms with E-state index in [-0.39, 0.29) is 23.0 Å². The molecule has 0 aliphatic carbocycles. The number of carbonyl (C=O) groups excluding carboxylic acids is 1. The average Bonchev–Trinajstić information content (AvgIpc) is 3.08. The lowest BCUT2D eigenvalue weighted by Gasteiger charge is -2.06. The van der Waals surface area contributed by atoms with Crippen LogP contribution in [0, 0.1) is 17.0 Å². The third-order valence-corrected chi connectivity index (χ3v) is 6.39. The van der Waals surface area contributed by atoms with Crippen LogP contribution in [0.2, 0.25) is 5.02 Å². The average molecular weight is 452 g/mol. The van der Waals surface area contributed by atoms with Crippen molar-refractivity contribution in [2.24, 2.45) is 0 Å². The Morgan fingerprint density at radius 2 is 1.94 bits per heavy atom. The van der Waals surface area contributed by atoms with Gasteiger partial charge in [0.05, 0.1) is 32.8 Å². The van der Waals surface area contributed by atoms with E-state index in [4.69, 9.17) is 11.6 Å². The van der Waals surface area contributed by atoms with Crippen LogP contribution in [-0.4, -0.2) is 15.8 Å². The van der Waals surface area contributed by atoms with E-state index >= 15 is 0 Å². The molecule has 8 heteroatoms. The smallest absolute Gasteiger partial charge is 0.271 e. The van der Waals surface area contributed by atoms with E-state index in [0.29, 0.717) is 12.1 Å². The summed E-state index contributed by atoms with van der Waals surface area (Å²) >= 11 is 7.58. The van der Waals surface area contributed by atoms with E-state index in [2.05, 4.69) is 34.6 Å². The summed E-state index contributed by atoms with van der Waals surface area (Å²) in [6.07, 6.45) is 0.856. The molecule has 0 spiro atoms. The molecule has 0 radical (unpaired) electrons. The molecule has 1 N–H and O–H groups in total. The number of hydrogen-bond acceptors (Lipinski definition) is 5. The van der Waals surface area contributed by atoms with Crippen LogP contribution in [0.1, 0.15) is 21.1 Å². The zero-order valence-corrected chi connectivity index (χ0v) is 18.2. The highest BCUT2D eigenvalue weighted by Crippen LogP contribution is 2.28. The Morgan fingerprint density at radius 3 is 2.71 bits per heavy atom. The van der Waals surface area contributed by atoms with Gasteiger partial charge in [-0.05, 0) is 29.3 Å². The fourth-order valence-electron chi connectivity index (χ4n) is 3.40. The number of halogens is 1. The molecule has 0 unspecified atom stereocenters. The zero-order chi connectivity index (χ0) is 22.0. The summed E-state index contributed by atoms with van der Waals surface area (Å²) in [5.74, 6) is -0.251. The van der Waals surface area contributed by atoms with Crippen molar-refractivity contribution in [1.82, 2.24) is 4.98 Å². The van der Waals surface area contributed by atoms with Crippen molar-refractivity contribution >= 4 is 51.0 Å². The largest absolute Gasteiger partial charge is 0.324 e. The number of non-ortho nitro benzene ring substituents is 1. The third kappa shape index (κ3) is 4.73. The first-order valence-electron chi connectivity index (χ1n) is 9.56. The van der Waals surface area contributed by atoms with Gasteiger partial charge in [-0.25, -0.2) is 4.98 Å². The van der Waals surface area contributed by atoms with Crippen molar-refractivity contribution in [1.29, 1.82) is 0 Å². The summed E-state index contributed by atoms with van der Waals surface area (Å²) in [7, 11) is 0. The number of nitrogens with zero attached hydrogens (tertiary/aromatic N) is 2. The highest BCUT2D eigenvalue weighted by molar-refractivity contribution is 7.11. The second-order valence-electron chi connectivity index (χ2n) is 7.08. The SMILES string of the molecule is Cc1nc(Cc2cccc3ccccc23)sc1CC(=O)Nc1ccc([N+](=O)[O-])cc1Cl. The van der Waals surface area contributed by atoms with E-state index in [1.165, 1.54) is 45.9 Å². The third-order valence-electron chi connectivity index (χ3n) is 4.92. The zero-order valence-electron chi connectivity index (χ0n) is 16.6. The fourth-order valence-corrected chi connectivity index (χ4v) is 4.71. The number of hydrogen-bond donors (Lipinski definition) is 1. The van der Waals surface area contributed by atoms with Crippen LogP contribution >= 0.6 is 22.9 Å². The van der Waals surface area contributed by atoms with Gasteiger partial charge < -0.3 is 5.32 Å². The molecule has 1 aromatic heterocycles. The van der Waals surface area contributed by atoms with Crippen molar-refractivity contribution in [2.45, 2.75) is 19.8 Å². The molecule has 3 aromatic carbocycles. The van der Waals surface area contributed by atoms with Crippen LogP contribution in [-0.2, 0) is 17.6 Å². The molecule has 4 rings (SSSR count). The molecule has 1 amide bonds. The molecule has 0 saturated carbocycles. The van der Waals surface area contributed by atoms with Crippen molar-refractivity contribution in [2.75, 3.05) is 5.32 Å². The molecule has 0 atom stereocenters. The number of rotatable bonds is 6. The number of benzene rings is 3. The molecule has 0 aliphatic heterocycles. The van der Waals surface area contributed by atoms with Crippen LogP contribution in [0.3, 0.4) is 0 Å². The molecule has 6 nitrogen and oxygen atoms in total. The van der Waals surface area contributed by atoms with Crippen LogP contribution in [0.5, 0.6) is 0 Å². The monoisotopic (exact) mass is 451 g/mol. The molecule has 156 valence electrons. The summed E-state index contributed by atoms with van der Waals surface area (Å²) in [5.41, 5.74) is 2.24. The number of fused-ring (bicyclic) bond motifs is 1. The van der Waals surface area contributed by atoms with Crippen molar-refractivity contribution in [3.05, 3.63) is 96.9 Å². The first-order chi connectivity index (χ1) is 14.9. The number of nitro benzene ring substituents is 1. The minimum atomic E-state index is -0.532. The summed E-state index contributed by atoms with van der Waals surface area (Å²) < 4.78 is 0. The van der Waals surface area contributed by atoms with E-state index in [9.17, 15) is 14.9 Å². The minimum Gasteiger partial charge on any atom is -0.324 e. The van der Waals surface area contributed by atoms with Crippen molar-refractivity contribution in [3.8, 4) is 0 Å². The molecule has 1 heterocycles. The Kier molecular flexibility index (Phi) is 5.97. The predicted molar refractivity (Wildman–Crippen MR) is 124 cm³/mol. The highest BCUT2D eigenvalue weighted by Gasteiger charge is 2.15. The predicted octanol–water partition coefficient (Wildman–Crippen LogP) is 5.94. The number of aromatic nitrogens is 1. The van der Waals surface area contributed by atoms with Gasteiger partial charge in [0.2, 0.25) is 5.91 Å². The summed E-state index contributed by atoms with van der Waals surface area (Å²) in [6.45, 7) is 1.89. The van der Waals surface area contributed by atoms with Crippen LogP contribution in [0.15, 0.2) is 60.7 Å². The van der Waals surface area contributed by atoms with E-state index < -0.39 is 4.92 Å². The first kappa shape index (κ1) is 21.0. The van der Waals surface area contributed by atoms with Gasteiger partial charge in [0, 0.05) is 23.4 Å². The topological polar surface area (TPSA) is 85.1 Å². The molecule has 0 saturated heterocycles. The molecule has 0 bridgehead atoms. The lowest BCUT2D eigenvalue weighted by atomic mass is 10.0. The van der Waals surface area contributed by atoms with Gasteiger partial charge in [0.1, 0.15) is 0 Å².